The van der Waals surface area contributed by atoms with Crippen LogP contribution in [-0.2, 0) is 6.54 Å². The number of hydrogen-bond donors (Lipinski definition) is 2. The Kier molecular flexibility index (Phi) is 3.89. The predicted octanol–water partition coefficient (Wildman–Crippen LogP) is 3.15. The van der Waals surface area contributed by atoms with Crippen molar-refractivity contribution in [3.8, 4) is 5.75 Å². The molecular formula is C17H12F2N2O2. The van der Waals surface area contributed by atoms with Gasteiger partial charge >= 0.3 is 0 Å². The predicted molar refractivity (Wildman–Crippen MR) is 80.9 cm³/mol. The molecule has 0 saturated heterocycles. The Bertz CT molecular complexity index is 897. The van der Waals surface area contributed by atoms with Crippen LogP contribution in [0, 0.1) is 11.6 Å². The molecule has 116 valence electrons. The molecule has 0 saturated carbocycles. The Labute approximate surface area is 130 Å². The largest absolute Gasteiger partial charge is 0.505 e. The summed E-state index contributed by atoms with van der Waals surface area (Å²) in [5, 5.41) is 12.5. The number of rotatable bonds is 3. The molecule has 1 heterocycles. The quantitative estimate of drug-likeness (QED) is 0.780. The molecule has 0 unspecified atom stereocenters. The molecule has 2 aromatic carbocycles. The van der Waals surface area contributed by atoms with Gasteiger partial charge in [0.2, 0.25) is 0 Å². The van der Waals surface area contributed by atoms with Crippen molar-refractivity contribution in [2.45, 2.75) is 6.54 Å². The SMILES string of the molecule is O=C(NCc1cc(F)cc(O)c1F)c1ccc2ncccc2c1. The summed E-state index contributed by atoms with van der Waals surface area (Å²) in [5.74, 6) is -2.94. The van der Waals surface area contributed by atoms with Crippen molar-refractivity contribution in [3.05, 3.63) is 71.4 Å². The van der Waals surface area contributed by atoms with Gasteiger partial charge in [-0.3, -0.25) is 9.78 Å². The van der Waals surface area contributed by atoms with E-state index in [1.54, 1.807) is 30.5 Å². The van der Waals surface area contributed by atoms with E-state index in [1.165, 1.54) is 0 Å². The number of fused-ring (bicyclic) bond motifs is 1. The lowest BCUT2D eigenvalue weighted by Crippen LogP contribution is -2.23. The normalized spacial score (nSPS) is 10.7. The average Bonchev–Trinajstić information content (AvgIpc) is 2.56. The van der Waals surface area contributed by atoms with Gasteiger partial charge in [-0.15, -0.1) is 0 Å². The van der Waals surface area contributed by atoms with Gasteiger partial charge in [0.25, 0.3) is 5.91 Å². The molecule has 0 aliphatic rings. The second kappa shape index (κ2) is 6.00. The first kappa shape index (κ1) is 14.9. The fourth-order valence-electron chi connectivity index (χ4n) is 2.25. The molecule has 0 aliphatic carbocycles. The van der Waals surface area contributed by atoms with Crippen molar-refractivity contribution in [1.82, 2.24) is 10.3 Å². The smallest absolute Gasteiger partial charge is 0.251 e. The molecule has 0 aliphatic heterocycles. The first-order valence-electron chi connectivity index (χ1n) is 6.84. The van der Waals surface area contributed by atoms with Gasteiger partial charge in [-0.05, 0) is 30.3 Å². The van der Waals surface area contributed by atoms with Crippen LogP contribution in [0.4, 0.5) is 8.78 Å². The molecule has 3 aromatic rings. The summed E-state index contributed by atoms with van der Waals surface area (Å²) < 4.78 is 26.9. The molecule has 23 heavy (non-hydrogen) atoms. The molecule has 0 bridgehead atoms. The maximum Gasteiger partial charge on any atom is 0.251 e. The molecule has 0 fully saturated rings. The van der Waals surface area contributed by atoms with Gasteiger partial charge in [0, 0.05) is 35.3 Å². The van der Waals surface area contributed by atoms with E-state index in [1.807, 2.05) is 6.07 Å². The number of phenolic OH excluding ortho intramolecular Hbond substituents is 1. The zero-order valence-electron chi connectivity index (χ0n) is 11.9. The van der Waals surface area contributed by atoms with Gasteiger partial charge in [0.15, 0.2) is 11.6 Å². The van der Waals surface area contributed by atoms with E-state index < -0.39 is 23.3 Å². The van der Waals surface area contributed by atoms with Gasteiger partial charge in [-0.2, -0.15) is 0 Å². The minimum atomic E-state index is -0.950. The van der Waals surface area contributed by atoms with Crippen molar-refractivity contribution >= 4 is 16.8 Å². The lowest BCUT2D eigenvalue weighted by Gasteiger charge is -2.08. The molecular weight excluding hydrogens is 302 g/mol. The zero-order chi connectivity index (χ0) is 16.4. The van der Waals surface area contributed by atoms with Crippen LogP contribution in [0.3, 0.4) is 0 Å². The Balaban J connectivity index is 1.78. The van der Waals surface area contributed by atoms with Gasteiger partial charge in [-0.25, -0.2) is 8.78 Å². The Morgan fingerprint density at radius 3 is 2.83 bits per heavy atom. The van der Waals surface area contributed by atoms with Crippen molar-refractivity contribution in [1.29, 1.82) is 0 Å². The van der Waals surface area contributed by atoms with E-state index in [4.69, 9.17) is 0 Å². The molecule has 0 atom stereocenters. The molecule has 6 heteroatoms. The number of nitrogens with zero attached hydrogens (tertiary/aromatic N) is 1. The number of aromatic nitrogens is 1. The van der Waals surface area contributed by atoms with Crippen LogP contribution in [0.2, 0.25) is 0 Å². The third-order valence-corrected chi connectivity index (χ3v) is 3.40. The van der Waals surface area contributed by atoms with Crippen LogP contribution in [-0.4, -0.2) is 16.0 Å². The molecule has 3 rings (SSSR count). The third-order valence-electron chi connectivity index (χ3n) is 3.40. The second-order valence-electron chi connectivity index (χ2n) is 4.99. The number of benzene rings is 2. The van der Waals surface area contributed by atoms with Crippen LogP contribution in [0.15, 0.2) is 48.7 Å². The molecule has 0 spiro atoms. The minimum absolute atomic E-state index is 0.127. The Morgan fingerprint density at radius 2 is 2.00 bits per heavy atom. The molecule has 0 radical (unpaired) electrons. The van der Waals surface area contributed by atoms with Crippen molar-refractivity contribution in [2.75, 3.05) is 0 Å². The van der Waals surface area contributed by atoms with E-state index in [0.29, 0.717) is 11.6 Å². The highest BCUT2D eigenvalue weighted by Crippen LogP contribution is 2.21. The number of pyridine rings is 1. The fourth-order valence-corrected chi connectivity index (χ4v) is 2.25. The highest BCUT2D eigenvalue weighted by atomic mass is 19.1. The zero-order valence-corrected chi connectivity index (χ0v) is 11.9. The third kappa shape index (κ3) is 3.11. The monoisotopic (exact) mass is 314 g/mol. The van der Waals surface area contributed by atoms with E-state index in [-0.39, 0.29) is 12.1 Å². The minimum Gasteiger partial charge on any atom is -0.505 e. The maximum absolute atomic E-state index is 13.7. The number of halogens is 2. The maximum atomic E-state index is 13.7. The van der Waals surface area contributed by atoms with Gasteiger partial charge in [-0.1, -0.05) is 6.07 Å². The first-order chi connectivity index (χ1) is 11.0. The Morgan fingerprint density at radius 1 is 1.17 bits per heavy atom. The van der Waals surface area contributed by atoms with Gasteiger partial charge < -0.3 is 10.4 Å². The number of carbonyl (C=O) groups is 1. The van der Waals surface area contributed by atoms with Crippen LogP contribution in [0.25, 0.3) is 10.9 Å². The van der Waals surface area contributed by atoms with E-state index in [0.717, 1.165) is 17.0 Å². The number of aromatic hydroxyl groups is 1. The molecule has 1 aromatic heterocycles. The van der Waals surface area contributed by atoms with Crippen LogP contribution in [0.1, 0.15) is 15.9 Å². The highest BCUT2D eigenvalue weighted by Gasteiger charge is 2.12. The summed E-state index contributed by atoms with van der Waals surface area (Å²) in [5.41, 5.74) is 1.01. The average molecular weight is 314 g/mol. The second-order valence-corrected chi connectivity index (χ2v) is 4.99. The number of phenols is 1. The molecule has 1 amide bonds. The van der Waals surface area contributed by atoms with Crippen molar-refractivity contribution < 1.29 is 18.7 Å². The van der Waals surface area contributed by atoms with E-state index in [2.05, 4.69) is 10.3 Å². The number of amides is 1. The van der Waals surface area contributed by atoms with E-state index >= 15 is 0 Å². The summed E-state index contributed by atoms with van der Waals surface area (Å²) in [6.45, 7) is -0.235. The van der Waals surface area contributed by atoms with Crippen LogP contribution in [0.5, 0.6) is 5.75 Å². The van der Waals surface area contributed by atoms with Crippen molar-refractivity contribution in [3.63, 3.8) is 0 Å². The topological polar surface area (TPSA) is 62.2 Å². The Hall–Kier alpha value is -3.02. The standard InChI is InChI=1S/C17H12F2N2O2/c18-13-7-12(16(19)15(22)8-13)9-21-17(23)11-3-4-14-10(6-11)2-1-5-20-14/h1-8,22H,9H2,(H,21,23). The van der Waals surface area contributed by atoms with Crippen LogP contribution < -0.4 is 5.32 Å². The fraction of sp³-hybridized carbons (Fsp3) is 0.0588. The first-order valence-corrected chi connectivity index (χ1v) is 6.84. The van der Waals surface area contributed by atoms with Crippen LogP contribution >= 0.6 is 0 Å². The lowest BCUT2D eigenvalue weighted by atomic mass is 10.1. The summed E-state index contributed by atoms with van der Waals surface area (Å²) in [7, 11) is 0. The summed E-state index contributed by atoms with van der Waals surface area (Å²) in [4.78, 5) is 16.3. The number of nitrogens with one attached hydrogen (secondary N) is 1. The van der Waals surface area contributed by atoms with Gasteiger partial charge in [0.1, 0.15) is 5.82 Å². The van der Waals surface area contributed by atoms with Crippen molar-refractivity contribution in [2.24, 2.45) is 0 Å². The molecule has 4 nitrogen and oxygen atoms in total. The van der Waals surface area contributed by atoms with E-state index in [9.17, 15) is 18.7 Å². The lowest BCUT2D eigenvalue weighted by molar-refractivity contribution is 0.0950. The van der Waals surface area contributed by atoms with Gasteiger partial charge in [0.05, 0.1) is 5.52 Å². The number of hydrogen-bond acceptors (Lipinski definition) is 3. The highest BCUT2D eigenvalue weighted by molar-refractivity contribution is 5.97. The molecule has 2 N–H and O–H groups in total. The summed E-state index contributed by atoms with van der Waals surface area (Å²) >= 11 is 0. The summed E-state index contributed by atoms with van der Waals surface area (Å²) in [6.07, 6.45) is 1.65. The number of carbonyl (C=O) groups excluding carboxylic acids is 1. The summed E-state index contributed by atoms with van der Waals surface area (Å²) in [6, 6.07) is 10.2.